The van der Waals surface area contributed by atoms with E-state index in [9.17, 15) is 14.0 Å². The molecule has 1 aliphatic carbocycles. The van der Waals surface area contributed by atoms with E-state index >= 15 is 0 Å². The number of hydrogen-bond acceptors (Lipinski definition) is 2. The number of halogens is 1. The molecule has 1 aromatic rings. The fraction of sp³-hybridized carbons (Fsp3) is 0.467. The number of carboxylic acids is 1. The lowest BCUT2D eigenvalue weighted by molar-refractivity contribution is -0.157. The summed E-state index contributed by atoms with van der Waals surface area (Å²) in [6.07, 6.45) is 1.92. The molecule has 2 unspecified atom stereocenters. The fourth-order valence-corrected chi connectivity index (χ4v) is 3.04. The quantitative estimate of drug-likeness (QED) is 0.897. The zero-order chi connectivity index (χ0) is 14.3. The molecule has 1 N–H and O–H groups in total. The van der Waals surface area contributed by atoms with E-state index in [4.69, 9.17) is 5.11 Å². The molecule has 2 aliphatic rings. The molecule has 1 aliphatic heterocycles. The summed E-state index contributed by atoms with van der Waals surface area (Å²) in [5, 5.41) is 9.02. The Hall–Kier alpha value is -1.91. The first kappa shape index (κ1) is 13.1. The maximum absolute atomic E-state index is 13.2. The first-order chi connectivity index (χ1) is 9.56. The molecule has 3 rings (SSSR count). The molecule has 0 radical (unpaired) electrons. The van der Waals surface area contributed by atoms with Crippen LogP contribution in [-0.4, -0.2) is 28.4 Å². The van der Waals surface area contributed by atoms with Gasteiger partial charge in [0.05, 0.1) is 11.8 Å². The zero-order valence-electron chi connectivity index (χ0n) is 11.0. The van der Waals surface area contributed by atoms with Crippen molar-refractivity contribution < 1.29 is 19.1 Å². The third-order valence-corrected chi connectivity index (χ3v) is 4.40. The van der Waals surface area contributed by atoms with Crippen molar-refractivity contribution >= 4 is 11.9 Å². The van der Waals surface area contributed by atoms with E-state index < -0.39 is 17.8 Å². The van der Waals surface area contributed by atoms with E-state index in [0.717, 1.165) is 11.1 Å². The molecule has 4 nitrogen and oxygen atoms in total. The number of rotatable bonds is 2. The van der Waals surface area contributed by atoms with Gasteiger partial charge in [-0.3, -0.25) is 9.59 Å². The van der Waals surface area contributed by atoms with Gasteiger partial charge in [-0.1, -0.05) is 6.07 Å². The van der Waals surface area contributed by atoms with Gasteiger partial charge >= 0.3 is 5.97 Å². The Balaban J connectivity index is 1.73. The van der Waals surface area contributed by atoms with Crippen LogP contribution in [-0.2, 0) is 22.6 Å². The van der Waals surface area contributed by atoms with Gasteiger partial charge in [-0.25, -0.2) is 4.39 Å². The summed E-state index contributed by atoms with van der Waals surface area (Å²) in [5.74, 6) is -2.24. The Labute approximate surface area is 116 Å². The van der Waals surface area contributed by atoms with Crippen LogP contribution in [0.2, 0.25) is 0 Å². The molecule has 0 bridgehead atoms. The number of carboxylic acid groups (broad SMARTS) is 1. The van der Waals surface area contributed by atoms with Gasteiger partial charge < -0.3 is 10.0 Å². The SMILES string of the molecule is O=C(O)C1CCC1C(=O)N1CCc2ccc(F)cc2C1. The van der Waals surface area contributed by atoms with Crippen LogP contribution in [0.1, 0.15) is 24.0 Å². The second kappa shape index (κ2) is 4.89. The van der Waals surface area contributed by atoms with Gasteiger partial charge in [-0.2, -0.15) is 0 Å². The molecule has 5 heteroatoms. The van der Waals surface area contributed by atoms with Gasteiger partial charge in [0.2, 0.25) is 5.91 Å². The van der Waals surface area contributed by atoms with Crippen LogP contribution in [0.15, 0.2) is 18.2 Å². The Morgan fingerprint density at radius 2 is 1.95 bits per heavy atom. The minimum absolute atomic E-state index is 0.0986. The molecule has 1 amide bonds. The van der Waals surface area contributed by atoms with Gasteiger partial charge in [0.25, 0.3) is 0 Å². The minimum atomic E-state index is -0.891. The molecule has 2 atom stereocenters. The van der Waals surface area contributed by atoms with Crippen molar-refractivity contribution in [2.75, 3.05) is 6.54 Å². The molecule has 0 saturated heterocycles. The third kappa shape index (κ3) is 2.17. The lowest BCUT2D eigenvalue weighted by Gasteiger charge is -2.38. The predicted octanol–water partition coefficient (Wildman–Crippen LogP) is 1.82. The van der Waals surface area contributed by atoms with Gasteiger partial charge in [-0.05, 0) is 42.5 Å². The molecule has 1 fully saturated rings. The van der Waals surface area contributed by atoms with Crippen LogP contribution in [0.5, 0.6) is 0 Å². The summed E-state index contributed by atoms with van der Waals surface area (Å²) in [4.78, 5) is 25.0. The molecule has 0 aromatic heterocycles. The van der Waals surface area contributed by atoms with Crippen LogP contribution in [0.25, 0.3) is 0 Å². The van der Waals surface area contributed by atoms with Gasteiger partial charge in [0.15, 0.2) is 0 Å². The summed E-state index contributed by atoms with van der Waals surface area (Å²) >= 11 is 0. The van der Waals surface area contributed by atoms with Crippen molar-refractivity contribution in [3.05, 3.63) is 35.1 Å². The van der Waals surface area contributed by atoms with Crippen molar-refractivity contribution in [1.82, 2.24) is 4.90 Å². The van der Waals surface area contributed by atoms with Crippen molar-refractivity contribution in [2.45, 2.75) is 25.8 Å². The molecular formula is C15H16FNO3. The van der Waals surface area contributed by atoms with E-state index in [1.165, 1.54) is 12.1 Å². The molecule has 1 saturated carbocycles. The number of aliphatic carboxylic acids is 1. The summed E-state index contributed by atoms with van der Waals surface area (Å²) in [6.45, 7) is 0.967. The number of amides is 1. The average Bonchev–Trinajstić information content (AvgIpc) is 2.35. The molecule has 106 valence electrons. The monoisotopic (exact) mass is 277 g/mol. The number of benzene rings is 1. The number of carbonyl (C=O) groups excluding carboxylic acids is 1. The van der Waals surface area contributed by atoms with Crippen LogP contribution >= 0.6 is 0 Å². The summed E-state index contributed by atoms with van der Waals surface area (Å²) in [5.41, 5.74) is 1.90. The van der Waals surface area contributed by atoms with Crippen LogP contribution < -0.4 is 0 Å². The van der Waals surface area contributed by atoms with E-state index in [-0.39, 0.29) is 11.7 Å². The lowest BCUT2D eigenvalue weighted by Crippen LogP contribution is -2.47. The number of carbonyl (C=O) groups is 2. The minimum Gasteiger partial charge on any atom is -0.481 e. The average molecular weight is 277 g/mol. The standard InChI is InChI=1S/C15H16FNO3/c16-11-2-1-9-5-6-17(8-10(9)7-11)14(18)12-3-4-13(12)15(19)20/h1-2,7,12-13H,3-6,8H2,(H,19,20). The van der Waals surface area contributed by atoms with Crippen molar-refractivity contribution in [2.24, 2.45) is 11.8 Å². The van der Waals surface area contributed by atoms with Crippen LogP contribution in [0.3, 0.4) is 0 Å². The molecule has 1 aromatic carbocycles. The van der Waals surface area contributed by atoms with Crippen molar-refractivity contribution in [3.8, 4) is 0 Å². The van der Waals surface area contributed by atoms with Gasteiger partial charge in [0.1, 0.15) is 5.82 Å². The smallest absolute Gasteiger partial charge is 0.307 e. The molecule has 1 heterocycles. The van der Waals surface area contributed by atoms with Crippen LogP contribution in [0.4, 0.5) is 4.39 Å². The lowest BCUT2D eigenvalue weighted by atomic mass is 9.72. The van der Waals surface area contributed by atoms with Crippen molar-refractivity contribution in [1.29, 1.82) is 0 Å². The fourth-order valence-electron chi connectivity index (χ4n) is 3.04. The summed E-state index contributed by atoms with van der Waals surface area (Å²) in [7, 11) is 0. The Bertz CT molecular complexity index is 572. The molecule has 0 spiro atoms. The Morgan fingerprint density at radius 3 is 2.60 bits per heavy atom. The summed E-state index contributed by atoms with van der Waals surface area (Å²) in [6, 6.07) is 4.66. The molecular weight excluding hydrogens is 261 g/mol. The third-order valence-electron chi connectivity index (χ3n) is 4.40. The molecule has 20 heavy (non-hydrogen) atoms. The Kier molecular flexibility index (Phi) is 3.20. The first-order valence-electron chi connectivity index (χ1n) is 6.85. The van der Waals surface area contributed by atoms with E-state index in [1.807, 2.05) is 0 Å². The summed E-state index contributed by atoms with van der Waals surface area (Å²) < 4.78 is 13.2. The predicted molar refractivity (Wildman–Crippen MR) is 69.4 cm³/mol. The van der Waals surface area contributed by atoms with E-state index in [0.29, 0.717) is 32.4 Å². The second-order valence-electron chi connectivity index (χ2n) is 5.55. The van der Waals surface area contributed by atoms with E-state index in [1.54, 1.807) is 11.0 Å². The largest absolute Gasteiger partial charge is 0.481 e. The number of hydrogen-bond donors (Lipinski definition) is 1. The van der Waals surface area contributed by atoms with Gasteiger partial charge in [0, 0.05) is 13.1 Å². The Morgan fingerprint density at radius 1 is 1.20 bits per heavy atom. The topological polar surface area (TPSA) is 57.6 Å². The van der Waals surface area contributed by atoms with Crippen LogP contribution in [0, 0.1) is 17.7 Å². The maximum Gasteiger partial charge on any atom is 0.307 e. The maximum atomic E-state index is 13.2. The highest BCUT2D eigenvalue weighted by atomic mass is 19.1. The first-order valence-corrected chi connectivity index (χ1v) is 6.85. The van der Waals surface area contributed by atoms with Gasteiger partial charge in [-0.15, -0.1) is 0 Å². The zero-order valence-corrected chi connectivity index (χ0v) is 11.0. The number of nitrogens with zero attached hydrogens (tertiary/aromatic N) is 1. The van der Waals surface area contributed by atoms with E-state index in [2.05, 4.69) is 0 Å². The highest BCUT2D eigenvalue weighted by Gasteiger charge is 2.43. The van der Waals surface area contributed by atoms with Crippen molar-refractivity contribution in [3.63, 3.8) is 0 Å². The second-order valence-corrected chi connectivity index (χ2v) is 5.55. The number of fused-ring (bicyclic) bond motifs is 1. The highest BCUT2D eigenvalue weighted by Crippen LogP contribution is 2.36. The highest BCUT2D eigenvalue weighted by molar-refractivity contribution is 5.86. The normalized spacial score (nSPS) is 24.8.